The number of hydrogen-bond acceptors (Lipinski definition) is 7. The molecule has 3 atom stereocenters. The van der Waals surface area contributed by atoms with Gasteiger partial charge in [0.2, 0.25) is 0 Å². The van der Waals surface area contributed by atoms with Crippen molar-refractivity contribution in [2.75, 3.05) is 12.4 Å². The summed E-state index contributed by atoms with van der Waals surface area (Å²) in [6, 6.07) is 3.59. The highest BCUT2D eigenvalue weighted by atomic mass is 35.5. The van der Waals surface area contributed by atoms with E-state index >= 15 is 4.39 Å². The molecule has 4 aliphatic rings. The number of amides is 1. The minimum Gasteiger partial charge on any atom is -0.443 e. The molecule has 12 heteroatoms. The third-order valence-electron chi connectivity index (χ3n) is 7.18. The van der Waals surface area contributed by atoms with E-state index < -0.39 is 24.3 Å². The Morgan fingerprint density at radius 2 is 2.18 bits per heavy atom. The van der Waals surface area contributed by atoms with E-state index in [0.29, 0.717) is 42.3 Å². The topological polar surface area (TPSA) is 118 Å². The standard InChI is InChI=1S/C22H25ClFN7O3/c1-33-10-12-4-15-20(25-17(23)9-31(15)30-12)26-18-5-14(28-29-18)13-2-3-16(19(13)24)34-21(32)27-22-6-11(7-22)8-22/h4-5,9,11,13,16,19H,2-3,6-8,10H2,1H3,(H,27,32)(H2,25,26,28,29)/t11?,13-,16-,19+,22?/m0/s1. The molecule has 4 saturated carbocycles. The third-order valence-corrected chi connectivity index (χ3v) is 7.36. The largest absolute Gasteiger partial charge is 0.443 e. The van der Waals surface area contributed by atoms with Gasteiger partial charge in [-0.1, -0.05) is 11.6 Å². The fraction of sp³-hybridized carbons (Fsp3) is 0.545. The van der Waals surface area contributed by atoms with E-state index in [-0.39, 0.29) is 10.7 Å². The predicted octanol–water partition coefficient (Wildman–Crippen LogP) is 3.86. The van der Waals surface area contributed by atoms with Gasteiger partial charge in [0.15, 0.2) is 11.6 Å². The molecule has 3 aromatic rings. The fourth-order valence-electron chi connectivity index (χ4n) is 5.42. The molecule has 4 aliphatic carbocycles. The SMILES string of the molecule is COCc1cc2c(Nc3cc([C@@H]4CC[C@H](OC(=O)NC56CC(C5)C6)[C@@H]4F)[nH]n3)nc(Cl)cn2n1. The van der Waals surface area contributed by atoms with Crippen molar-refractivity contribution in [3.05, 3.63) is 34.9 Å². The molecule has 0 radical (unpaired) electrons. The highest BCUT2D eigenvalue weighted by Crippen LogP contribution is 2.57. The van der Waals surface area contributed by atoms with Gasteiger partial charge in [0.1, 0.15) is 22.9 Å². The van der Waals surface area contributed by atoms with Gasteiger partial charge in [-0.15, -0.1) is 0 Å². The molecular weight excluding hydrogens is 465 g/mol. The first-order valence-corrected chi connectivity index (χ1v) is 11.8. The van der Waals surface area contributed by atoms with Gasteiger partial charge in [-0.2, -0.15) is 10.2 Å². The second-order valence-corrected chi connectivity index (χ2v) is 9.99. The summed E-state index contributed by atoms with van der Waals surface area (Å²) in [7, 11) is 1.60. The van der Waals surface area contributed by atoms with Crippen LogP contribution in [0.25, 0.3) is 5.52 Å². The number of carbonyl (C=O) groups is 1. The number of methoxy groups -OCH3 is 1. The molecule has 3 aromatic heterocycles. The number of carbonyl (C=O) groups excluding carboxylic acids is 1. The van der Waals surface area contributed by atoms with E-state index in [1.165, 1.54) is 0 Å². The molecule has 7 rings (SSSR count). The van der Waals surface area contributed by atoms with Gasteiger partial charge in [-0.25, -0.2) is 18.7 Å². The Labute approximate surface area is 199 Å². The number of fused-ring (bicyclic) bond motifs is 1. The molecule has 3 heterocycles. The zero-order valence-corrected chi connectivity index (χ0v) is 19.3. The highest BCUT2D eigenvalue weighted by Gasteiger charge is 2.58. The summed E-state index contributed by atoms with van der Waals surface area (Å²) in [5, 5.41) is 17.9. The van der Waals surface area contributed by atoms with E-state index in [2.05, 4.69) is 30.9 Å². The molecule has 0 aromatic carbocycles. The van der Waals surface area contributed by atoms with Crippen LogP contribution in [0.1, 0.15) is 49.4 Å². The minimum atomic E-state index is -1.31. The second kappa shape index (κ2) is 8.09. The van der Waals surface area contributed by atoms with Gasteiger partial charge < -0.3 is 20.1 Å². The van der Waals surface area contributed by atoms with Gasteiger partial charge in [0, 0.05) is 30.3 Å². The van der Waals surface area contributed by atoms with Crippen LogP contribution in [0.4, 0.5) is 20.8 Å². The third kappa shape index (κ3) is 3.76. The Hall–Kier alpha value is -2.92. The molecule has 0 saturated heterocycles. The number of rotatable bonds is 7. The number of ether oxygens (including phenoxy) is 2. The van der Waals surface area contributed by atoms with E-state index in [1.807, 2.05) is 6.07 Å². The Morgan fingerprint density at radius 1 is 1.35 bits per heavy atom. The van der Waals surface area contributed by atoms with E-state index in [1.54, 1.807) is 23.9 Å². The average Bonchev–Trinajstić information content (AvgIpc) is 3.44. The molecule has 10 nitrogen and oxygen atoms in total. The summed E-state index contributed by atoms with van der Waals surface area (Å²) < 4.78 is 27.4. The average molecular weight is 490 g/mol. The molecule has 180 valence electrons. The zero-order valence-electron chi connectivity index (χ0n) is 18.6. The first-order chi connectivity index (χ1) is 16.4. The Balaban J connectivity index is 1.12. The van der Waals surface area contributed by atoms with E-state index in [4.69, 9.17) is 21.1 Å². The van der Waals surface area contributed by atoms with Gasteiger partial charge >= 0.3 is 6.09 Å². The molecule has 4 fully saturated rings. The smallest absolute Gasteiger partial charge is 0.407 e. The summed E-state index contributed by atoms with van der Waals surface area (Å²) in [4.78, 5) is 16.6. The molecule has 2 bridgehead atoms. The van der Waals surface area contributed by atoms with Crippen molar-refractivity contribution in [3.63, 3.8) is 0 Å². The monoisotopic (exact) mass is 489 g/mol. The normalized spacial score (nSPS) is 29.5. The number of aromatic amines is 1. The van der Waals surface area contributed by atoms with Crippen LogP contribution in [0.2, 0.25) is 5.15 Å². The molecule has 0 unspecified atom stereocenters. The number of anilines is 2. The number of hydrogen-bond donors (Lipinski definition) is 3. The van der Waals surface area contributed by atoms with E-state index in [0.717, 1.165) is 30.9 Å². The molecule has 34 heavy (non-hydrogen) atoms. The Morgan fingerprint density at radius 3 is 2.91 bits per heavy atom. The number of nitrogens with zero attached hydrogens (tertiary/aromatic N) is 4. The van der Waals surface area contributed by atoms with Crippen LogP contribution in [0.5, 0.6) is 0 Å². The van der Waals surface area contributed by atoms with Gasteiger partial charge in [-0.3, -0.25) is 5.10 Å². The lowest BCUT2D eigenvalue weighted by molar-refractivity contribution is -0.0532. The maximum atomic E-state index is 15.2. The summed E-state index contributed by atoms with van der Waals surface area (Å²) in [6.07, 6.45) is 3.07. The van der Waals surface area contributed by atoms with Crippen molar-refractivity contribution < 1.29 is 18.7 Å². The summed E-state index contributed by atoms with van der Waals surface area (Å²) in [5.41, 5.74) is 1.98. The van der Waals surface area contributed by atoms with Crippen molar-refractivity contribution in [1.82, 2.24) is 30.1 Å². The highest BCUT2D eigenvalue weighted by molar-refractivity contribution is 6.29. The maximum Gasteiger partial charge on any atom is 0.407 e. The minimum absolute atomic E-state index is 0.0882. The van der Waals surface area contributed by atoms with Crippen LogP contribution in [0.3, 0.4) is 0 Å². The van der Waals surface area contributed by atoms with Crippen molar-refractivity contribution in [3.8, 4) is 0 Å². The first kappa shape index (κ1) is 21.6. The number of nitrogens with one attached hydrogen (secondary N) is 3. The van der Waals surface area contributed by atoms with Gasteiger partial charge in [-0.05, 0) is 44.1 Å². The summed E-state index contributed by atoms with van der Waals surface area (Å²) in [5.74, 6) is 1.24. The molecule has 0 aliphatic heterocycles. The number of H-pyrrole nitrogens is 1. The lowest BCUT2D eigenvalue weighted by Gasteiger charge is -2.61. The van der Waals surface area contributed by atoms with Gasteiger partial charge in [0.05, 0.1) is 18.5 Å². The zero-order chi connectivity index (χ0) is 23.4. The maximum absolute atomic E-state index is 15.2. The lowest BCUT2D eigenvalue weighted by atomic mass is 9.50. The Kier molecular flexibility index (Phi) is 5.14. The molecule has 0 spiro atoms. The second-order valence-electron chi connectivity index (χ2n) is 9.60. The van der Waals surface area contributed by atoms with Crippen LogP contribution in [-0.4, -0.2) is 55.8 Å². The van der Waals surface area contributed by atoms with Crippen molar-refractivity contribution in [2.24, 2.45) is 5.92 Å². The van der Waals surface area contributed by atoms with E-state index in [9.17, 15) is 4.79 Å². The predicted molar refractivity (Wildman–Crippen MR) is 121 cm³/mol. The van der Waals surface area contributed by atoms with Crippen LogP contribution < -0.4 is 10.6 Å². The van der Waals surface area contributed by atoms with Crippen molar-refractivity contribution >= 4 is 34.8 Å². The van der Waals surface area contributed by atoms with Crippen LogP contribution in [0, 0.1) is 5.92 Å². The van der Waals surface area contributed by atoms with Crippen LogP contribution in [0.15, 0.2) is 18.3 Å². The lowest BCUT2D eigenvalue weighted by Crippen LogP contribution is -2.68. The van der Waals surface area contributed by atoms with Crippen LogP contribution in [-0.2, 0) is 16.1 Å². The number of halogens is 2. The summed E-state index contributed by atoms with van der Waals surface area (Å²) in [6.45, 7) is 0.355. The fourth-order valence-corrected chi connectivity index (χ4v) is 5.60. The summed E-state index contributed by atoms with van der Waals surface area (Å²) >= 11 is 6.15. The Bertz CT molecular complexity index is 1230. The molecule has 3 N–H and O–H groups in total. The first-order valence-electron chi connectivity index (χ1n) is 11.4. The van der Waals surface area contributed by atoms with Crippen LogP contribution >= 0.6 is 11.6 Å². The molecular formula is C22H25ClFN7O3. The quantitative estimate of drug-likeness (QED) is 0.461. The molecule has 1 amide bonds. The number of aromatic nitrogens is 5. The van der Waals surface area contributed by atoms with Crippen molar-refractivity contribution in [2.45, 2.75) is 62.4 Å². The van der Waals surface area contributed by atoms with Crippen molar-refractivity contribution in [1.29, 1.82) is 0 Å². The van der Waals surface area contributed by atoms with Gasteiger partial charge in [0.25, 0.3) is 0 Å². The number of alkyl halides is 1. The number of alkyl carbamates (subject to hydrolysis) is 1.